The van der Waals surface area contributed by atoms with E-state index in [9.17, 15) is 0 Å². The van der Waals surface area contributed by atoms with Crippen LogP contribution >= 0.6 is 0 Å². The quantitative estimate of drug-likeness (QED) is 0.637. The van der Waals surface area contributed by atoms with E-state index in [1.807, 2.05) is 30.3 Å². The zero-order valence-electron chi connectivity index (χ0n) is 12.7. The van der Waals surface area contributed by atoms with Crippen molar-refractivity contribution >= 4 is 0 Å². The van der Waals surface area contributed by atoms with Crippen LogP contribution in [0.4, 0.5) is 0 Å². The van der Waals surface area contributed by atoms with Crippen molar-refractivity contribution in [3.05, 3.63) is 30.3 Å². The minimum atomic E-state index is 0.398. The fourth-order valence-corrected chi connectivity index (χ4v) is 2.16. The third kappa shape index (κ3) is 6.63. The van der Waals surface area contributed by atoms with Gasteiger partial charge < -0.3 is 10.1 Å². The molecule has 0 aliphatic rings. The topological polar surface area (TPSA) is 21.3 Å². The van der Waals surface area contributed by atoms with Crippen molar-refractivity contribution < 1.29 is 4.74 Å². The molecular weight excluding hydrogens is 234 g/mol. The molecule has 1 aromatic carbocycles. The van der Waals surface area contributed by atoms with E-state index < -0.39 is 0 Å². The van der Waals surface area contributed by atoms with Crippen molar-refractivity contribution in [1.82, 2.24) is 5.32 Å². The van der Waals surface area contributed by atoms with E-state index in [1.54, 1.807) is 0 Å². The molecule has 2 heteroatoms. The Labute approximate surface area is 118 Å². The molecule has 0 fully saturated rings. The summed E-state index contributed by atoms with van der Waals surface area (Å²) in [6.07, 6.45) is 4.76. The Morgan fingerprint density at radius 1 is 1.16 bits per heavy atom. The molecule has 1 rings (SSSR count). The lowest BCUT2D eigenvalue weighted by Gasteiger charge is -2.28. The van der Waals surface area contributed by atoms with E-state index in [2.05, 4.69) is 26.1 Å². The number of benzene rings is 1. The van der Waals surface area contributed by atoms with Gasteiger partial charge in [-0.15, -0.1) is 0 Å². The number of hydrogen-bond donors (Lipinski definition) is 1. The molecule has 1 atom stereocenters. The monoisotopic (exact) mass is 263 g/mol. The summed E-state index contributed by atoms with van der Waals surface area (Å²) in [7, 11) is 0. The largest absolute Gasteiger partial charge is 0.494 e. The number of ether oxygens (including phenoxy) is 1. The Bertz CT molecular complexity index is 325. The van der Waals surface area contributed by atoms with Gasteiger partial charge in [-0.1, -0.05) is 39.0 Å². The highest BCUT2D eigenvalue weighted by Crippen LogP contribution is 2.26. The second-order valence-electron chi connectivity index (χ2n) is 5.61. The van der Waals surface area contributed by atoms with Crippen LogP contribution < -0.4 is 10.1 Å². The molecule has 1 unspecified atom stereocenters. The van der Waals surface area contributed by atoms with E-state index >= 15 is 0 Å². The van der Waals surface area contributed by atoms with Crippen LogP contribution in [0.15, 0.2) is 30.3 Å². The molecule has 0 aliphatic heterocycles. The summed E-state index contributed by atoms with van der Waals surface area (Å²) in [5, 5.41) is 3.54. The second kappa shape index (κ2) is 8.98. The molecule has 0 aliphatic carbocycles. The summed E-state index contributed by atoms with van der Waals surface area (Å²) in [6, 6.07) is 10.1. The van der Waals surface area contributed by atoms with E-state index in [-0.39, 0.29) is 0 Å². The molecule has 0 amide bonds. The zero-order chi connectivity index (χ0) is 14.0. The first kappa shape index (κ1) is 16.0. The first-order chi connectivity index (χ1) is 9.20. The van der Waals surface area contributed by atoms with Gasteiger partial charge in [-0.2, -0.15) is 0 Å². The number of nitrogens with one attached hydrogen (secondary N) is 1. The minimum Gasteiger partial charge on any atom is -0.494 e. The van der Waals surface area contributed by atoms with Gasteiger partial charge in [-0.25, -0.2) is 0 Å². The zero-order valence-corrected chi connectivity index (χ0v) is 12.7. The predicted octanol–water partition coefficient (Wildman–Crippen LogP) is 4.26. The number of rotatable bonds is 10. The normalized spacial score (nSPS) is 14.1. The Morgan fingerprint density at radius 2 is 1.89 bits per heavy atom. The van der Waals surface area contributed by atoms with Gasteiger partial charge in [-0.3, -0.25) is 0 Å². The minimum absolute atomic E-state index is 0.398. The Hall–Kier alpha value is -1.02. The van der Waals surface area contributed by atoms with Gasteiger partial charge in [0, 0.05) is 6.54 Å². The van der Waals surface area contributed by atoms with Gasteiger partial charge in [0.15, 0.2) is 0 Å². The third-order valence-corrected chi connectivity index (χ3v) is 3.77. The maximum absolute atomic E-state index is 5.75. The average Bonchev–Trinajstić information content (AvgIpc) is 2.45. The van der Waals surface area contributed by atoms with Crippen LogP contribution in [-0.4, -0.2) is 19.7 Å². The lowest BCUT2D eigenvalue weighted by Crippen LogP contribution is -2.32. The first-order valence-corrected chi connectivity index (χ1v) is 7.59. The second-order valence-corrected chi connectivity index (χ2v) is 5.61. The summed E-state index contributed by atoms with van der Waals surface area (Å²) in [5.74, 6) is 0.977. The van der Waals surface area contributed by atoms with Crippen molar-refractivity contribution in [2.24, 2.45) is 5.41 Å². The van der Waals surface area contributed by atoms with Crippen LogP contribution in [0.5, 0.6) is 5.75 Å². The summed E-state index contributed by atoms with van der Waals surface area (Å²) < 4.78 is 5.75. The maximum Gasteiger partial charge on any atom is 0.119 e. The Kier molecular flexibility index (Phi) is 7.57. The van der Waals surface area contributed by atoms with Crippen molar-refractivity contribution in [3.8, 4) is 5.75 Å². The smallest absolute Gasteiger partial charge is 0.119 e. The third-order valence-electron chi connectivity index (χ3n) is 3.77. The van der Waals surface area contributed by atoms with E-state index in [4.69, 9.17) is 4.74 Å². The van der Waals surface area contributed by atoms with E-state index in [1.165, 1.54) is 19.3 Å². The highest BCUT2D eigenvalue weighted by atomic mass is 16.5. The summed E-state index contributed by atoms with van der Waals surface area (Å²) >= 11 is 0. The molecule has 0 spiro atoms. The van der Waals surface area contributed by atoms with Crippen molar-refractivity contribution in [3.63, 3.8) is 0 Å². The molecular formula is C17H29NO. The molecule has 0 bridgehead atoms. The lowest BCUT2D eigenvalue weighted by molar-refractivity contribution is 0.227. The fraction of sp³-hybridized carbons (Fsp3) is 0.647. The predicted molar refractivity (Wildman–Crippen MR) is 82.7 cm³/mol. The maximum atomic E-state index is 5.75. The SMILES string of the molecule is CCCNCC(C)(CC)CCCOc1ccccc1. The van der Waals surface area contributed by atoms with Gasteiger partial charge in [-0.05, 0) is 49.8 Å². The van der Waals surface area contributed by atoms with Crippen molar-refractivity contribution in [1.29, 1.82) is 0 Å². The highest BCUT2D eigenvalue weighted by Gasteiger charge is 2.20. The molecule has 108 valence electrons. The van der Waals surface area contributed by atoms with Crippen LogP contribution in [0.25, 0.3) is 0 Å². The van der Waals surface area contributed by atoms with Gasteiger partial charge in [0.1, 0.15) is 5.75 Å². The molecule has 1 aromatic rings. The van der Waals surface area contributed by atoms with Crippen LogP contribution in [0, 0.1) is 5.41 Å². The molecule has 1 N–H and O–H groups in total. The van der Waals surface area contributed by atoms with Crippen LogP contribution in [0.1, 0.15) is 46.5 Å². The van der Waals surface area contributed by atoms with Crippen molar-refractivity contribution in [2.75, 3.05) is 19.7 Å². The summed E-state index contributed by atoms with van der Waals surface area (Å²) in [5.41, 5.74) is 0.398. The summed E-state index contributed by atoms with van der Waals surface area (Å²) in [6.45, 7) is 9.92. The average molecular weight is 263 g/mol. The van der Waals surface area contributed by atoms with Crippen molar-refractivity contribution in [2.45, 2.75) is 46.5 Å². The van der Waals surface area contributed by atoms with Gasteiger partial charge in [0.05, 0.1) is 6.61 Å². The van der Waals surface area contributed by atoms with E-state index in [0.717, 1.165) is 31.9 Å². The molecule has 0 radical (unpaired) electrons. The standard InChI is InChI=1S/C17H29NO/c1-4-13-18-15-17(3,5-2)12-9-14-19-16-10-7-6-8-11-16/h6-8,10-11,18H,4-5,9,12-15H2,1-3H3. The Morgan fingerprint density at radius 3 is 2.53 bits per heavy atom. The highest BCUT2D eigenvalue weighted by molar-refractivity contribution is 5.20. The molecule has 0 heterocycles. The number of para-hydroxylation sites is 1. The lowest BCUT2D eigenvalue weighted by atomic mass is 9.83. The molecule has 0 aromatic heterocycles. The van der Waals surface area contributed by atoms with Crippen LogP contribution in [-0.2, 0) is 0 Å². The van der Waals surface area contributed by atoms with Crippen LogP contribution in [0.3, 0.4) is 0 Å². The van der Waals surface area contributed by atoms with Gasteiger partial charge in [0.2, 0.25) is 0 Å². The molecule has 19 heavy (non-hydrogen) atoms. The number of hydrogen-bond acceptors (Lipinski definition) is 2. The summed E-state index contributed by atoms with van der Waals surface area (Å²) in [4.78, 5) is 0. The van der Waals surface area contributed by atoms with Gasteiger partial charge in [0.25, 0.3) is 0 Å². The van der Waals surface area contributed by atoms with E-state index in [0.29, 0.717) is 5.41 Å². The fourth-order valence-electron chi connectivity index (χ4n) is 2.16. The molecule has 0 saturated heterocycles. The first-order valence-electron chi connectivity index (χ1n) is 7.59. The van der Waals surface area contributed by atoms with Crippen LogP contribution in [0.2, 0.25) is 0 Å². The molecule has 2 nitrogen and oxygen atoms in total. The Balaban J connectivity index is 2.21. The molecule has 0 saturated carbocycles. The van der Waals surface area contributed by atoms with Gasteiger partial charge >= 0.3 is 0 Å².